The van der Waals surface area contributed by atoms with Crippen LogP contribution in [0.25, 0.3) is 0 Å². The van der Waals surface area contributed by atoms with Crippen LogP contribution in [0.2, 0.25) is 0 Å². The molecule has 0 saturated carbocycles. The van der Waals surface area contributed by atoms with Crippen LogP contribution in [-0.4, -0.2) is 24.2 Å². The van der Waals surface area contributed by atoms with Crippen molar-refractivity contribution in [3.63, 3.8) is 0 Å². The summed E-state index contributed by atoms with van der Waals surface area (Å²) in [6.45, 7) is -1.74. The van der Waals surface area contributed by atoms with Gasteiger partial charge in [-0.15, -0.1) is 0 Å². The average molecular weight is 302 g/mol. The van der Waals surface area contributed by atoms with Crippen LogP contribution in [0.3, 0.4) is 0 Å². The lowest BCUT2D eigenvalue weighted by Crippen LogP contribution is -2.12. The molecule has 0 aliphatic heterocycles. The van der Waals surface area contributed by atoms with Gasteiger partial charge in [0.05, 0.1) is 0 Å². The van der Waals surface area contributed by atoms with Crippen molar-refractivity contribution in [1.29, 1.82) is 0 Å². The molecule has 102 valence electrons. The summed E-state index contributed by atoms with van der Waals surface area (Å²) < 4.78 is 52.1. The van der Waals surface area contributed by atoms with Crippen molar-refractivity contribution in [3.8, 4) is 5.88 Å². The van der Waals surface area contributed by atoms with Crippen molar-refractivity contribution < 1.29 is 26.7 Å². The number of nitrogens with zero attached hydrogens (tertiary/aromatic N) is 2. The maximum absolute atomic E-state index is 12.5. The fourth-order valence-corrected chi connectivity index (χ4v) is 1.83. The lowest BCUT2D eigenvalue weighted by Gasteiger charge is -2.18. The number of halogens is 3. The number of aromatic nitrogens is 2. The van der Waals surface area contributed by atoms with Gasteiger partial charge in [0.15, 0.2) is 0 Å². The second-order valence-corrected chi connectivity index (χ2v) is 6.22. The predicted molar refractivity (Wildman–Crippen MR) is 60.7 cm³/mol. The zero-order valence-electron chi connectivity index (χ0n) is 9.69. The molecule has 0 spiro atoms. The molecule has 1 aromatic rings. The summed E-state index contributed by atoms with van der Waals surface area (Å²) in [7, 11) is 2.48. The van der Waals surface area contributed by atoms with Crippen LogP contribution in [0.1, 0.15) is 11.5 Å². The lowest BCUT2D eigenvalue weighted by atomic mass is 10.4. The number of alkyl halides is 3. The minimum Gasteiger partial charge on any atom is -0.406 e. The van der Waals surface area contributed by atoms with Gasteiger partial charge in [-0.1, -0.05) is 0 Å². The van der Waals surface area contributed by atoms with E-state index in [9.17, 15) is 13.2 Å². The molecule has 0 aromatic carbocycles. The van der Waals surface area contributed by atoms with E-state index in [1.165, 1.54) is 27.2 Å². The average Bonchev–Trinajstić information content (AvgIpc) is 2.27. The van der Waals surface area contributed by atoms with Crippen molar-refractivity contribution in [2.24, 2.45) is 0 Å². The van der Waals surface area contributed by atoms with E-state index in [1.54, 1.807) is 0 Å². The highest BCUT2D eigenvalue weighted by Crippen LogP contribution is 2.47. The van der Waals surface area contributed by atoms with Crippen LogP contribution in [0, 0.1) is 6.92 Å². The maximum atomic E-state index is 12.5. The van der Waals surface area contributed by atoms with E-state index >= 15 is 0 Å². The summed E-state index contributed by atoms with van der Waals surface area (Å²) in [5, 5.41) is 0. The van der Waals surface area contributed by atoms with Gasteiger partial charge in [-0.3, -0.25) is 0 Å². The zero-order chi connectivity index (χ0) is 14.0. The minimum atomic E-state index is -4.66. The Bertz CT molecular complexity index is 475. The van der Waals surface area contributed by atoms with Crippen molar-refractivity contribution in [2.45, 2.75) is 13.1 Å². The van der Waals surface area contributed by atoms with Crippen LogP contribution in [0.4, 0.5) is 13.2 Å². The summed E-state index contributed by atoms with van der Waals surface area (Å²) in [5.74, 6) is -1.63. The Morgan fingerprint density at radius 1 is 1.22 bits per heavy atom. The summed E-state index contributed by atoms with van der Waals surface area (Å²) in [4.78, 5) is 6.50. The Morgan fingerprint density at radius 3 is 2.22 bits per heavy atom. The van der Waals surface area contributed by atoms with Crippen LogP contribution < -0.4 is 4.52 Å². The number of aryl methyl sites for hydroxylation is 1. The second-order valence-electron chi connectivity index (χ2n) is 3.07. The van der Waals surface area contributed by atoms with Gasteiger partial charge >= 0.3 is 12.9 Å². The van der Waals surface area contributed by atoms with Crippen molar-refractivity contribution in [3.05, 3.63) is 17.6 Å². The molecule has 1 rings (SSSR count). The van der Waals surface area contributed by atoms with Crippen LogP contribution in [0.15, 0.2) is 6.07 Å². The molecule has 5 nitrogen and oxygen atoms in total. The zero-order valence-corrected chi connectivity index (χ0v) is 11.4. The van der Waals surface area contributed by atoms with Gasteiger partial charge in [0.25, 0.3) is 0 Å². The highest BCUT2D eigenvalue weighted by atomic mass is 32.5. The van der Waals surface area contributed by atoms with Gasteiger partial charge in [0.1, 0.15) is 0 Å². The quantitative estimate of drug-likeness (QED) is 0.797. The Hall–Kier alpha value is -0.760. The highest BCUT2D eigenvalue weighted by Gasteiger charge is 2.36. The molecule has 0 unspecified atom stereocenters. The molecule has 0 fully saturated rings. The Kier molecular flexibility index (Phi) is 4.66. The Morgan fingerprint density at radius 2 is 1.78 bits per heavy atom. The first-order valence-corrected chi connectivity index (χ1v) is 7.10. The molecule has 1 heterocycles. The summed E-state index contributed by atoms with van der Waals surface area (Å²) in [6.07, 6.45) is -4.66. The van der Waals surface area contributed by atoms with Gasteiger partial charge in [-0.2, -0.15) is 18.2 Å². The smallest absolute Gasteiger partial charge is 0.406 e. The van der Waals surface area contributed by atoms with E-state index in [1.807, 2.05) is 0 Å². The van der Waals surface area contributed by atoms with E-state index in [-0.39, 0.29) is 11.6 Å². The molecular weight excluding hydrogens is 292 g/mol. The Balaban J connectivity index is 3.12. The predicted octanol–water partition coefficient (Wildman–Crippen LogP) is 2.70. The maximum Gasteiger partial charge on any atom is 0.451 e. The summed E-state index contributed by atoms with van der Waals surface area (Å²) >= 11 is 4.87. The number of hydrogen-bond donors (Lipinski definition) is 0. The fraction of sp³-hybridized carbons (Fsp3) is 0.500. The molecule has 1 aromatic heterocycles. The molecule has 0 aliphatic carbocycles. The largest absolute Gasteiger partial charge is 0.451 e. The molecule has 18 heavy (non-hydrogen) atoms. The SMILES string of the molecule is COP(=S)(OC)Oc1cc(C)nc(C(F)(F)F)n1. The van der Waals surface area contributed by atoms with Gasteiger partial charge < -0.3 is 13.6 Å². The van der Waals surface area contributed by atoms with E-state index < -0.39 is 18.7 Å². The van der Waals surface area contributed by atoms with E-state index in [2.05, 4.69) is 9.97 Å². The molecule has 0 N–H and O–H groups in total. The van der Waals surface area contributed by atoms with E-state index in [0.717, 1.165) is 0 Å². The molecular formula is C8H10F3N2O3PS. The van der Waals surface area contributed by atoms with Crippen molar-refractivity contribution >= 4 is 18.5 Å². The van der Waals surface area contributed by atoms with E-state index in [4.69, 9.17) is 25.4 Å². The fourth-order valence-electron chi connectivity index (χ4n) is 0.977. The number of hydrogen-bond acceptors (Lipinski definition) is 6. The topological polar surface area (TPSA) is 53.5 Å². The molecule has 0 bridgehead atoms. The second kappa shape index (κ2) is 5.48. The van der Waals surface area contributed by atoms with Gasteiger partial charge in [0.2, 0.25) is 11.7 Å². The summed E-state index contributed by atoms with van der Waals surface area (Å²) in [6, 6.07) is 1.22. The third-order valence-corrected chi connectivity index (χ3v) is 4.16. The molecule has 0 aliphatic rings. The molecule has 0 radical (unpaired) electrons. The monoisotopic (exact) mass is 302 g/mol. The van der Waals surface area contributed by atoms with Gasteiger partial charge in [-0.05, 0) is 6.92 Å². The van der Waals surface area contributed by atoms with Crippen molar-refractivity contribution in [1.82, 2.24) is 9.97 Å². The van der Waals surface area contributed by atoms with Crippen LogP contribution in [0.5, 0.6) is 5.88 Å². The standard InChI is InChI=1S/C8H10F3N2O3PS/c1-5-4-6(16-17(18,14-2)15-3)13-7(12-5)8(9,10)11/h4H,1-3H3. The number of rotatable bonds is 4. The van der Waals surface area contributed by atoms with Gasteiger partial charge in [0, 0.05) is 37.8 Å². The normalized spacial score (nSPS) is 12.6. The third-order valence-electron chi connectivity index (χ3n) is 1.74. The van der Waals surface area contributed by atoms with Crippen molar-refractivity contribution in [2.75, 3.05) is 14.2 Å². The molecule has 10 heteroatoms. The third kappa shape index (κ3) is 3.88. The molecule has 0 saturated heterocycles. The first-order valence-electron chi connectivity index (χ1n) is 4.54. The molecule has 0 amide bonds. The van der Waals surface area contributed by atoms with E-state index in [0.29, 0.717) is 0 Å². The lowest BCUT2D eigenvalue weighted by molar-refractivity contribution is -0.145. The molecule has 0 atom stereocenters. The van der Waals surface area contributed by atoms with Gasteiger partial charge in [-0.25, -0.2) is 4.98 Å². The van der Waals surface area contributed by atoms with Crippen LogP contribution >= 0.6 is 6.72 Å². The van der Waals surface area contributed by atoms with Crippen LogP contribution in [-0.2, 0) is 27.0 Å². The Labute approximate surface area is 107 Å². The first-order chi connectivity index (χ1) is 8.20. The minimum absolute atomic E-state index is 0.0982. The summed E-state index contributed by atoms with van der Waals surface area (Å²) in [5.41, 5.74) is 0.0982. The first kappa shape index (κ1) is 15.3. The highest BCUT2D eigenvalue weighted by molar-refractivity contribution is 8.07.